The molecule has 0 aliphatic carbocycles. The molecule has 0 amide bonds. The lowest BCUT2D eigenvalue weighted by atomic mass is 10.3. The van der Waals surface area contributed by atoms with Gasteiger partial charge < -0.3 is 20.5 Å². The molecule has 0 saturated carbocycles. The Balaban J connectivity index is 2.02. The molecule has 1 rings (SSSR count). The lowest BCUT2D eigenvalue weighted by Gasteiger charge is -2.34. The van der Waals surface area contributed by atoms with Crippen LogP contribution in [0.5, 0.6) is 0 Å². The van der Waals surface area contributed by atoms with Gasteiger partial charge >= 0.3 is 0 Å². The predicted molar refractivity (Wildman–Crippen MR) is 73.9 cm³/mol. The summed E-state index contributed by atoms with van der Waals surface area (Å²) in [7, 11) is 0. The third-order valence-electron chi connectivity index (χ3n) is 3.20. The average Bonchev–Trinajstić information content (AvgIpc) is 2.38. The fourth-order valence-corrected chi connectivity index (χ4v) is 1.96. The second-order valence-corrected chi connectivity index (χ2v) is 4.55. The zero-order chi connectivity index (χ0) is 12.5. The summed E-state index contributed by atoms with van der Waals surface area (Å²) in [5, 5.41) is 11.3. The lowest BCUT2D eigenvalue weighted by Crippen LogP contribution is -2.46. The summed E-state index contributed by atoms with van der Waals surface area (Å²) in [5.41, 5.74) is 0.918. The van der Waals surface area contributed by atoms with Gasteiger partial charge in [0.15, 0.2) is 0 Å². The van der Waals surface area contributed by atoms with Crippen molar-refractivity contribution in [1.29, 1.82) is 5.41 Å². The molecule has 1 saturated heterocycles. The minimum absolute atomic E-state index is 0.874. The molecule has 1 aliphatic heterocycles. The minimum atomic E-state index is 0.874. The lowest BCUT2D eigenvalue weighted by molar-refractivity contribution is 0.137. The van der Waals surface area contributed by atoms with Gasteiger partial charge in [-0.15, -0.1) is 6.54 Å². The van der Waals surface area contributed by atoms with Crippen LogP contribution in [0.3, 0.4) is 0 Å². The van der Waals surface area contributed by atoms with E-state index in [9.17, 15) is 0 Å². The molecule has 17 heavy (non-hydrogen) atoms. The molecule has 1 aliphatic rings. The van der Waals surface area contributed by atoms with E-state index < -0.39 is 0 Å². The second kappa shape index (κ2) is 8.25. The molecule has 1 N–H and O–H groups in total. The number of likely N-dealkylation sites (N-methyl/N-ethyl adjacent to an activating group) is 1. The van der Waals surface area contributed by atoms with E-state index in [-0.39, 0.29) is 0 Å². The van der Waals surface area contributed by atoms with E-state index in [1.54, 1.807) is 6.20 Å². The maximum Gasteiger partial charge on any atom is 0.0188 e. The number of hydrogen-bond acceptors (Lipinski definition) is 3. The first-order chi connectivity index (χ1) is 8.26. The van der Waals surface area contributed by atoms with Crippen molar-refractivity contribution in [3.8, 4) is 0 Å². The first-order valence-electron chi connectivity index (χ1n) is 6.54. The van der Waals surface area contributed by atoms with Crippen LogP contribution in [0.2, 0.25) is 0 Å². The van der Waals surface area contributed by atoms with Gasteiger partial charge in [-0.2, -0.15) is 6.20 Å². The first kappa shape index (κ1) is 14.2. The quantitative estimate of drug-likeness (QED) is 0.543. The van der Waals surface area contributed by atoms with Crippen molar-refractivity contribution < 1.29 is 0 Å². The largest absolute Gasteiger partial charge is 0.690 e. The predicted octanol–water partition coefficient (Wildman–Crippen LogP) is 1.94. The number of rotatable bonds is 7. The summed E-state index contributed by atoms with van der Waals surface area (Å²) in [6.07, 6.45) is 4.25. The highest BCUT2D eigenvalue weighted by Crippen LogP contribution is 2.03. The van der Waals surface area contributed by atoms with Gasteiger partial charge in [-0.05, 0) is 20.0 Å². The molecule has 98 valence electrons. The minimum Gasteiger partial charge on any atom is -0.690 e. The highest BCUT2D eigenvalue weighted by Gasteiger charge is 2.13. The molecule has 0 aromatic heterocycles. The third-order valence-corrected chi connectivity index (χ3v) is 3.20. The topological polar surface area (TPSA) is 44.4 Å². The highest BCUT2D eigenvalue weighted by atomic mass is 15.3. The maximum atomic E-state index is 7.02. The average molecular weight is 237 g/mol. The molecule has 4 nitrogen and oxygen atoms in total. The van der Waals surface area contributed by atoms with E-state index in [4.69, 9.17) is 5.41 Å². The van der Waals surface area contributed by atoms with Crippen LogP contribution < -0.4 is 0 Å². The molecule has 0 aromatic rings. The van der Waals surface area contributed by atoms with Crippen LogP contribution in [0.25, 0.3) is 5.32 Å². The normalized spacial score (nSPS) is 19.3. The molecule has 0 radical (unpaired) electrons. The fourth-order valence-electron chi connectivity index (χ4n) is 1.96. The van der Waals surface area contributed by atoms with Crippen molar-refractivity contribution >= 4 is 6.21 Å². The van der Waals surface area contributed by atoms with Crippen molar-refractivity contribution in [3.05, 3.63) is 17.1 Å². The Morgan fingerprint density at radius 2 is 1.88 bits per heavy atom. The molecule has 0 unspecified atom stereocenters. The molecule has 1 heterocycles. The van der Waals surface area contributed by atoms with Crippen molar-refractivity contribution in [2.24, 2.45) is 0 Å². The number of allylic oxidation sites excluding steroid dienone is 1. The molecule has 0 bridgehead atoms. The molecule has 0 aromatic carbocycles. The molecular formula is C13H25N4-. The van der Waals surface area contributed by atoms with Crippen LogP contribution in [-0.2, 0) is 0 Å². The van der Waals surface area contributed by atoms with Gasteiger partial charge in [0.2, 0.25) is 0 Å². The van der Waals surface area contributed by atoms with Crippen molar-refractivity contribution in [2.45, 2.75) is 20.3 Å². The number of piperazine rings is 1. The van der Waals surface area contributed by atoms with Crippen LogP contribution in [0, 0.1) is 5.41 Å². The standard InChI is InChI=1S/C13H25N4/c1-3-16-7-9-17(10-8-16)6-4-5-15-12-13(2)11-14/h11-12,14H,3-10H2,1-2H3/q-1/b13-12-,14-11?. The zero-order valence-electron chi connectivity index (χ0n) is 11.2. The van der Waals surface area contributed by atoms with Gasteiger partial charge in [-0.25, -0.2) is 0 Å². The summed E-state index contributed by atoms with van der Waals surface area (Å²) >= 11 is 0. The van der Waals surface area contributed by atoms with E-state index >= 15 is 0 Å². The summed E-state index contributed by atoms with van der Waals surface area (Å²) < 4.78 is 0. The van der Waals surface area contributed by atoms with Gasteiger partial charge in [0.1, 0.15) is 0 Å². The Labute approximate surface area is 105 Å². The Morgan fingerprint density at radius 1 is 1.24 bits per heavy atom. The Hall–Kier alpha value is -0.870. The van der Waals surface area contributed by atoms with Crippen LogP contribution in [-0.4, -0.2) is 61.8 Å². The second-order valence-electron chi connectivity index (χ2n) is 4.55. The van der Waals surface area contributed by atoms with Crippen LogP contribution in [0.4, 0.5) is 0 Å². The molecular weight excluding hydrogens is 212 g/mol. The highest BCUT2D eigenvalue weighted by molar-refractivity contribution is 5.75. The van der Waals surface area contributed by atoms with Gasteiger partial charge in [0.25, 0.3) is 0 Å². The molecule has 0 atom stereocenters. The van der Waals surface area contributed by atoms with E-state index in [1.165, 1.54) is 38.9 Å². The van der Waals surface area contributed by atoms with Crippen LogP contribution in [0.1, 0.15) is 20.3 Å². The number of nitrogens with zero attached hydrogens (tertiary/aromatic N) is 3. The number of nitrogens with one attached hydrogen (secondary N) is 1. The van der Waals surface area contributed by atoms with Crippen LogP contribution >= 0.6 is 0 Å². The zero-order valence-corrected chi connectivity index (χ0v) is 11.2. The molecule has 4 heteroatoms. The van der Waals surface area contributed by atoms with E-state index in [0.29, 0.717) is 0 Å². The fraction of sp³-hybridized carbons (Fsp3) is 0.769. The first-order valence-corrected chi connectivity index (χ1v) is 6.54. The van der Waals surface area contributed by atoms with Crippen molar-refractivity contribution in [3.63, 3.8) is 0 Å². The smallest absolute Gasteiger partial charge is 0.0188 e. The molecule has 1 fully saturated rings. The van der Waals surface area contributed by atoms with Crippen molar-refractivity contribution in [2.75, 3.05) is 45.8 Å². The van der Waals surface area contributed by atoms with Gasteiger partial charge in [0, 0.05) is 32.4 Å². The Morgan fingerprint density at radius 3 is 2.47 bits per heavy atom. The monoisotopic (exact) mass is 237 g/mol. The van der Waals surface area contributed by atoms with Gasteiger partial charge in [0.05, 0.1) is 0 Å². The Bertz CT molecular complexity index is 242. The number of hydrogen-bond donors (Lipinski definition) is 1. The third kappa shape index (κ3) is 5.84. The molecule has 0 spiro atoms. The van der Waals surface area contributed by atoms with E-state index in [2.05, 4.69) is 22.0 Å². The summed E-state index contributed by atoms with van der Waals surface area (Å²) in [5.74, 6) is 0. The van der Waals surface area contributed by atoms with E-state index in [0.717, 1.165) is 25.1 Å². The van der Waals surface area contributed by atoms with E-state index in [1.807, 2.05) is 6.92 Å². The maximum absolute atomic E-state index is 7.02. The summed E-state index contributed by atoms with van der Waals surface area (Å²) in [6.45, 7) is 12.1. The van der Waals surface area contributed by atoms with Crippen LogP contribution in [0.15, 0.2) is 11.8 Å². The SMILES string of the molecule is CCN1CCN(CCC[N-]/C=C(/C)C=N)CC1. The summed E-state index contributed by atoms with van der Waals surface area (Å²) in [6, 6.07) is 0. The van der Waals surface area contributed by atoms with Gasteiger partial charge in [-0.1, -0.05) is 18.9 Å². The van der Waals surface area contributed by atoms with Gasteiger partial charge in [-0.3, -0.25) is 0 Å². The van der Waals surface area contributed by atoms with Crippen molar-refractivity contribution in [1.82, 2.24) is 9.80 Å². The summed E-state index contributed by atoms with van der Waals surface area (Å²) in [4.78, 5) is 5.02. The Kier molecular flexibility index (Phi) is 6.89.